The van der Waals surface area contributed by atoms with Crippen molar-refractivity contribution in [3.63, 3.8) is 0 Å². The predicted molar refractivity (Wildman–Crippen MR) is 72.5 cm³/mol. The van der Waals surface area contributed by atoms with E-state index in [1.807, 2.05) is 19.2 Å². The number of morpholine rings is 1. The van der Waals surface area contributed by atoms with E-state index in [1.54, 1.807) is 6.07 Å². The lowest BCUT2D eigenvalue weighted by Gasteiger charge is -2.39. The molecule has 2 aliphatic rings. The molecule has 0 aliphatic carbocycles. The zero-order chi connectivity index (χ0) is 13.2. The molecule has 0 aromatic heterocycles. The average Bonchev–Trinajstić information content (AvgIpc) is 2.89. The quantitative estimate of drug-likeness (QED) is 0.903. The Morgan fingerprint density at radius 1 is 1.42 bits per heavy atom. The van der Waals surface area contributed by atoms with Gasteiger partial charge in [-0.05, 0) is 32.5 Å². The number of likely N-dealkylation sites (N-methyl/N-ethyl adjacent to an activating group) is 1. The van der Waals surface area contributed by atoms with Crippen molar-refractivity contribution < 1.29 is 9.13 Å². The molecule has 0 amide bonds. The van der Waals surface area contributed by atoms with Crippen LogP contribution in [0.2, 0.25) is 0 Å². The number of ether oxygens (including phenoxy) is 1. The summed E-state index contributed by atoms with van der Waals surface area (Å²) in [6.45, 7) is 2.82. The summed E-state index contributed by atoms with van der Waals surface area (Å²) in [6, 6.07) is 7.46. The fourth-order valence-electron chi connectivity index (χ4n) is 3.31. The van der Waals surface area contributed by atoms with Crippen LogP contribution in [0.1, 0.15) is 24.4 Å². The molecule has 3 nitrogen and oxygen atoms in total. The molecule has 0 radical (unpaired) electrons. The second-order valence-electron chi connectivity index (χ2n) is 5.45. The third kappa shape index (κ3) is 2.53. The second kappa shape index (κ2) is 5.57. The lowest BCUT2D eigenvalue weighted by molar-refractivity contribution is -0.0647. The fourth-order valence-corrected chi connectivity index (χ4v) is 3.31. The maximum Gasteiger partial charge on any atom is 0.128 e. The van der Waals surface area contributed by atoms with Crippen molar-refractivity contribution in [2.75, 3.05) is 26.7 Å². The molecular formula is C15H21FN2O. The Labute approximate surface area is 113 Å². The van der Waals surface area contributed by atoms with Gasteiger partial charge in [0, 0.05) is 18.2 Å². The van der Waals surface area contributed by atoms with Crippen LogP contribution >= 0.6 is 0 Å². The molecule has 3 unspecified atom stereocenters. The SMILES string of the molecule is CNC(c1ccccc1F)C1CN2CCCC2CO1. The van der Waals surface area contributed by atoms with E-state index >= 15 is 0 Å². The topological polar surface area (TPSA) is 24.5 Å². The van der Waals surface area contributed by atoms with Crippen LogP contribution in [-0.2, 0) is 4.74 Å². The molecule has 0 saturated carbocycles. The molecule has 2 saturated heterocycles. The fraction of sp³-hybridized carbons (Fsp3) is 0.600. The predicted octanol–water partition coefficient (Wildman–Crippen LogP) is 1.95. The Bertz CT molecular complexity index is 440. The van der Waals surface area contributed by atoms with Gasteiger partial charge in [-0.15, -0.1) is 0 Å². The normalized spacial score (nSPS) is 29.2. The Morgan fingerprint density at radius 2 is 2.26 bits per heavy atom. The molecule has 2 heterocycles. The molecule has 1 aromatic carbocycles. The highest BCUT2D eigenvalue weighted by atomic mass is 19.1. The first-order valence-electron chi connectivity index (χ1n) is 7.07. The zero-order valence-electron chi connectivity index (χ0n) is 11.3. The minimum Gasteiger partial charge on any atom is -0.373 e. The van der Waals surface area contributed by atoms with Gasteiger partial charge in [0.15, 0.2) is 0 Å². The van der Waals surface area contributed by atoms with Crippen LogP contribution in [0.4, 0.5) is 4.39 Å². The van der Waals surface area contributed by atoms with Crippen LogP contribution in [0.15, 0.2) is 24.3 Å². The van der Waals surface area contributed by atoms with Crippen molar-refractivity contribution in [2.45, 2.75) is 31.0 Å². The Kier molecular flexibility index (Phi) is 3.82. The number of nitrogens with one attached hydrogen (secondary N) is 1. The Morgan fingerprint density at radius 3 is 3.05 bits per heavy atom. The molecule has 0 bridgehead atoms. The summed E-state index contributed by atoms with van der Waals surface area (Å²) in [6.07, 6.45) is 2.51. The summed E-state index contributed by atoms with van der Waals surface area (Å²) in [5.41, 5.74) is 0.702. The number of rotatable bonds is 3. The van der Waals surface area contributed by atoms with Crippen LogP contribution in [0, 0.1) is 5.82 Å². The number of halogens is 1. The van der Waals surface area contributed by atoms with E-state index in [0.29, 0.717) is 11.6 Å². The first-order chi connectivity index (χ1) is 9.29. The minimum absolute atomic E-state index is 0.0243. The van der Waals surface area contributed by atoms with Gasteiger partial charge in [0.1, 0.15) is 5.82 Å². The third-order valence-corrected chi connectivity index (χ3v) is 4.34. The standard InChI is InChI=1S/C15H21FN2O/c1-17-15(12-6-2-3-7-13(12)16)14-9-18-8-4-5-11(18)10-19-14/h2-3,6-7,11,14-15,17H,4-5,8-10H2,1H3. The zero-order valence-corrected chi connectivity index (χ0v) is 11.3. The van der Waals surface area contributed by atoms with E-state index in [1.165, 1.54) is 18.9 Å². The molecule has 3 atom stereocenters. The third-order valence-electron chi connectivity index (χ3n) is 4.34. The van der Waals surface area contributed by atoms with Crippen LogP contribution in [-0.4, -0.2) is 43.8 Å². The summed E-state index contributed by atoms with van der Waals surface area (Å²) in [4.78, 5) is 2.49. The molecule has 2 fully saturated rings. The number of fused-ring (bicyclic) bond motifs is 1. The number of benzene rings is 1. The van der Waals surface area contributed by atoms with E-state index in [4.69, 9.17) is 4.74 Å². The summed E-state index contributed by atoms with van der Waals surface area (Å²) in [5, 5.41) is 3.22. The number of nitrogens with zero attached hydrogens (tertiary/aromatic N) is 1. The van der Waals surface area contributed by atoms with Gasteiger partial charge < -0.3 is 10.1 Å². The van der Waals surface area contributed by atoms with E-state index in [9.17, 15) is 4.39 Å². The molecule has 104 valence electrons. The van der Waals surface area contributed by atoms with Gasteiger partial charge >= 0.3 is 0 Å². The molecule has 1 N–H and O–H groups in total. The molecule has 3 rings (SSSR count). The van der Waals surface area contributed by atoms with Crippen molar-refractivity contribution >= 4 is 0 Å². The molecule has 2 aliphatic heterocycles. The lowest BCUT2D eigenvalue weighted by atomic mass is 9.99. The van der Waals surface area contributed by atoms with Gasteiger partial charge in [0.25, 0.3) is 0 Å². The smallest absolute Gasteiger partial charge is 0.128 e. The largest absolute Gasteiger partial charge is 0.373 e. The molecule has 4 heteroatoms. The van der Waals surface area contributed by atoms with E-state index in [0.717, 1.165) is 19.7 Å². The van der Waals surface area contributed by atoms with Crippen LogP contribution in [0.5, 0.6) is 0 Å². The maximum atomic E-state index is 13.9. The Hall–Kier alpha value is -0.970. The van der Waals surface area contributed by atoms with E-state index in [2.05, 4.69) is 10.2 Å². The molecule has 19 heavy (non-hydrogen) atoms. The average molecular weight is 264 g/mol. The van der Waals surface area contributed by atoms with Gasteiger partial charge in [-0.3, -0.25) is 4.90 Å². The van der Waals surface area contributed by atoms with Crippen LogP contribution in [0.3, 0.4) is 0 Å². The van der Waals surface area contributed by atoms with Crippen LogP contribution in [0.25, 0.3) is 0 Å². The van der Waals surface area contributed by atoms with Gasteiger partial charge in [-0.25, -0.2) is 4.39 Å². The molecular weight excluding hydrogens is 243 g/mol. The van der Waals surface area contributed by atoms with Crippen molar-refractivity contribution in [1.29, 1.82) is 0 Å². The van der Waals surface area contributed by atoms with E-state index in [-0.39, 0.29) is 18.0 Å². The highest BCUT2D eigenvalue weighted by Gasteiger charge is 2.36. The van der Waals surface area contributed by atoms with E-state index < -0.39 is 0 Å². The maximum absolute atomic E-state index is 13.9. The van der Waals surface area contributed by atoms with Crippen molar-refractivity contribution in [3.8, 4) is 0 Å². The van der Waals surface area contributed by atoms with Crippen LogP contribution < -0.4 is 5.32 Å². The number of hydrogen-bond donors (Lipinski definition) is 1. The number of hydrogen-bond acceptors (Lipinski definition) is 3. The second-order valence-corrected chi connectivity index (χ2v) is 5.45. The first kappa shape index (κ1) is 13.0. The van der Waals surface area contributed by atoms with Gasteiger partial charge in [0.05, 0.1) is 18.8 Å². The summed E-state index contributed by atoms with van der Waals surface area (Å²) < 4.78 is 19.9. The summed E-state index contributed by atoms with van der Waals surface area (Å²) in [7, 11) is 1.87. The molecule has 0 spiro atoms. The highest BCUT2D eigenvalue weighted by Crippen LogP contribution is 2.29. The van der Waals surface area contributed by atoms with Crippen molar-refractivity contribution in [2.24, 2.45) is 0 Å². The first-order valence-corrected chi connectivity index (χ1v) is 7.07. The van der Waals surface area contributed by atoms with Crippen molar-refractivity contribution in [3.05, 3.63) is 35.6 Å². The Balaban J connectivity index is 1.77. The summed E-state index contributed by atoms with van der Waals surface area (Å²) in [5.74, 6) is -0.158. The van der Waals surface area contributed by atoms with Crippen molar-refractivity contribution in [1.82, 2.24) is 10.2 Å². The van der Waals surface area contributed by atoms with Gasteiger partial charge in [-0.1, -0.05) is 18.2 Å². The lowest BCUT2D eigenvalue weighted by Crippen LogP contribution is -2.50. The molecule has 1 aromatic rings. The van der Waals surface area contributed by atoms with Gasteiger partial charge in [-0.2, -0.15) is 0 Å². The van der Waals surface area contributed by atoms with Gasteiger partial charge in [0.2, 0.25) is 0 Å². The minimum atomic E-state index is -0.158. The highest BCUT2D eigenvalue weighted by molar-refractivity contribution is 5.22. The monoisotopic (exact) mass is 264 g/mol. The summed E-state index contributed by atoms with van der Waals surface area (Å²) >= 11 is 0.